The number of hydrogen-bond donors (Lipinski definition) is 1. The lowest BCUT2D eigenvalue weighted by Crippen LogP contribution is -2.48. The molecule has 1 fully saturated rings. The van der Waals surface area contributed by atoms with Crippen LogP contribution in [0.2, 0.25) is 0 Å². The third-order valence-electron chi connectivity index (χ3n) is 3.46. The second-order valence-electron chi connectivity index (χ2n) is 5.22. The highest BCUT2D eigenvalue weighted by atomic mass is 35.5. The summed E-state index contributed by atoms with van der Waals surface area (Å²) in [5, 5.41) is 5.32. The Morgan fingerprint density at radius 2 is 2.14 bits per heavy atom. The zero-order chi connectivity index (χ0) is 15.2. The number of carbonyl (C=O) groups excluding carboxylic acids is 2. The van der Waals surface area contributed by atoms with Crippen LogP contribution in [0, 0.1) is 0 Å². The molecule has 1 N–H and O–H groups in total. The number of carbonyl (C=O) groups is 2. The molecule has 0 bridgehead atoms. The van der Waals surface area contributed by atoms with Crippen LogP contribution in [0.5, 0.6) is 0 Å². The van der Waals surface area contributed by atoms with Gasteiger partial charge in [-0.3, -0.25) is 9.59 Å². The van der Waals surface area contributed by atoms with Crippen molar-refractivity contribution >= 4 is 34.8 Å². The van der Waals surface area contributed by atoms with Crippen molar-refractivity contribution in [2.24, 2.45) is 0 Å². The number of amides is 2. The van der Waals surface area contributed by atoms with Crippen LogP contribution < -0.4 is 5.32 Å². The van der Waals surface area contributed by atoms with Gasteiger partial charge in [-0.15, -0.1) is 22.9 Å². The van der Waals surface area contributed by atoms with E-state index in [1.54, 1.807) is 6.92 Å². The maximum absolute atomic E-state index is 12.2. The number of halogens is 1. The highest BCUT2D eigenvalue weighted by Gasteiger charge is 2.23. The second kappa shape index (κ2) is 7.75. The normalized spacial score (nSPS) is 16.6. The van der Waals surface area contributed by atoms with Crippen LogP contribution in [-0.4, -0.2) is 40.8 Å². The first-order chi connectivity index (χ1) is 10.1. The Bertz CT molecular complexity index is 500. The van der Waals surface area contributed by atoms with Gasteiger partial charge in [-0.1, -0.05) is 0 Å². The molecule has 0 spiro atoms. The highest BCUT2D eigenvalue weighted by Crippen LogP contribution is 2.13. The molecule has 21 heavy (non-hydrogen) atoms. The molecular weight excluding hydrogens is 310 g/mol. The van der Waals surface area contributed by atoms with Gasteiger partial charge in [0.05, 0.1) is 18.0 Å². The minimum atomic E-state index is -0.483. The maximum Gasteiger partial charge on any atom is 0.244 e. The van der Waals surface area contributed by atoms with Crippen LogP contribution in [0.25, 0.3) is 0 Å². The van der Waals surface area contributed by atoms with Crippen molar-refractivity contribution < 1.29 is 9.59 Å². The Kier molecular flexibility index (Phi) is 5.99. The van der Waals surface area contributed by atoms with E-state index in [1.807, 2.05) is 10.3 Å². The summed E-state index contributed by atoms with van der Waals surface area (Å²) in [5.41, 5.74) is 0.780. The number of piperidine rings is 1. The highest BCUT2D eigenvalue weighted by molar-refractivity contribution is 7.09. The summed E-state index contributed by atoms with van der Waals surface area (Å²) < 4.78 is 0. The van der Waals surface area contributed by atoms with E-state index in [-0.39, 0.29) is 18.2 Å². The summed E-state index contributed by atoms with van der Waals surface area (Å²) in [6, 6.07) is -0.483. The molecule has 1 aliphatic rings. The Labute approximate surface area is 133 Å². The topological polar surface area (TPSA) is 62.3 Å². The van der Waals surface area contributed by atoms with Gasteiger partial charge in [0.2, 0.25) is 11.8 Å². The van der Waals surface area contributed by atoms with Gasteiger partial charge < -0.3 is 10.2 Å². The summed E-state index contributed by atoms with van der Waals surface area (Å²) in [6.07, 6.45) is 3.47. The standard InChI is InChI=1S/C14H20ClN3O2S/c1-10(14(20)18-5-3-2-4-6-18)16-12(19)7-13-17-11(8-15)9-21-13/h9-10H,2-8H2,1H3,(H,16,19). The van der Waals surface area contributed by atoms with Gasteiger partial charge in [0.15, 0.2) is 0 Å². The monoisotopic (exact) mass is 329 g/mol. The van der Waals surface area contributed by atoms with Crippen LogP contribution in [0.1, 0.15) is 36.9 Å². The fourth-order valence-corrected chi connectivity index (χ4v) is 3.39. The first-order valence-corrected chi connectivity index (χ1v) is 8.59. The van der Waals surface area contributed by atoms with E-state index in [0.29, 0.717) is 5.88 Å². The number of nitrogens with zero attached hydrogens (tertiary/aromatic N) is 2. The van der Waals surface area contributed by atoms with Crippen molar-refractivity contribution in [3.05, 3.63) is 16.1 Å². The van der Waals surface area contributed by atoms with Crippen LogP contribution in [0.4, 0.5) is 0 Å². The largest absolute Gasteiger partial charge is 0.344 e. The van der Waals surface area contributed by atoms with Crippen LogP contribution in [0.3, 0.4) is 0 Å². The van der Waals surface area contributed by atoms with Crippen LogP contribution in [0.15, 0.2) is 5.38 Å². The van der Waals surface area contributed by atoms with Crippen LogP contribution in [-0.2, 0) is 21.9 Å². The molecule has 2 rings (SSSR count). The number of rotatable bonds is 5. The summed E-state index contributed by atoms with van der Waals surface area (Å²) in [7, 11) is 0. The summed E-state index contributed by atoms with van der Waals surface area (Å²) in [6.45, 7) is 3.33. The number of likely N-dealkylation sites (tertiary alicyclic amines) is 1. The van der Waals surface area contributed by atoms with Crippen molar-refractivity contribution in [2.45, 2.75) is 44.5 Å². The van der Waals surface area contributed by atoms with E-state index >= 15 is 0 Å². The SMILES string of the molecule is CC(NC(=O)Cc1nc(CCl)cs1)C(=O)N1CCCCC1. The lowest BCUT2D eigenvalue weighted by molar-refractivity contribution is -0.136. The van der Waals surface area contributed by atoms with Crippen molar-refractivity contribution in [3.63, 3.8) is 0 Å². The van der Waals surface area contributed by atoms with E-state index in [2.05, 4.69) is 10.3 Å². The Morgan fingerprint density at radius 3 is 2.76 bits per heavy atom. The fourth-order valence-electron chi connectivity index (χ4n) is 2.37. The van der Waals surface area contributed by atoms with Crippen molar-refractivity contribution in [1.82, 2.24) is 15.2 Å². The number of hydrogen-bond acceptors (Lipinski definition) is 4. The van der Waals surface area contributed by atoms with Crippen LogP contribution >= 0.6 is 22.9 Å². The Balaban J connectivity index is 1.82. The molecule has 1 aromatic heterocycles. The third-order valence-corrected chi connectivity index (χ3v) is 4.64. The quantitative estimate of drug-likeness (QED) is 0.840. The van der Waals surface area contributed by atoms with Gasteiger partial charge >= 0.3 is 0 Å². The third kappa shape index (κ3) is 4.68. The average molecular weight is 330 g/mol. The molecule has 1 aliphatic heterocycles. The fraction of sp³-hybridized carbons (Fsp3) is 0.643. The number of aromatic nitrogens is 1. The van der Waals surface area contributed by atoms with E-state index in [9.17, 15) is 9.59 Å². The van der Waals surface area contributed by atoms with Crippen molar-refractivity contribution in [3.8, 4) is 0 Å². The zero-order valence-corrected chi connectivity index (χ0v) is 13.7. The molecule has 0 saturated carbocycles. The van der Waals surface area contributed by atoms with Gasteiger partial charge in [-0.05, 0) is 26.2 Å². The number of alkyl halides is 1. The van der Waals surface area contributed by atoms with Gasteiger partial charge in [0.25, 0.3) is 0 Å². The molecule has 2 heterocycles. The average Bonchev–Trinajstić information content (AvgIpc) is 2.94. The maximum atomic E-state index is 12.2. The van der Waals surface area contributed by atoms with Gasteiger partial charge in [-0.25, -0.2) is 4.98 Å². The lowest BCUT2D eigenvalue weighted by Gasteiger charge is -2.29. The number of nitrogens with one attached hydrogen (secondary N) is 1. The molecule has 1 saturated heterocycles. The molecule has 0 radical (unpaired) electrons. The molecule has 116 valence electrons. The summed E-state index contributed by atoms with van der Waals surface area (Å²) in [5.74, 6) is 0.175. The van der Waals surface area contributed by atoms with Crippen molar-refractivity contribution in [2.75, 3.05) is 13.1 Å². The minimum absolute atomic E-state index is 0.00337. The zero-order valence-electron chi connectivity index (χ0n) is 12.1. The predicted molar refractivity (Wildman–Crippen MR) is 83.4 cm³/mol. The lowest BCUT2D eigenvalue weighted by atomic mass is 10.1. The van der Waals surface area contributed by atoms with E-state index in [4.69, 9.17) is 11.6 Å². The van der Waals surface area contributed by atoms with Crippen molar-refractivity contribution in [1.29, 1.82) is 0 Å². The molecule has 2 amide bonds. The second-order valence-corrected chi connectivity index (χ2v) is 6.43. The molecule has 0 aliphatic carbocycles. The molecule has 7 heteroatoms. The van der Waals surface area contributed by atoms with Gasteiger partial charge in [0, 0.05) is 18.5 Å². The van der Waals surface area contributed by atoms with E-state index < -0.39 is 6.04 Å². The van der Waals surface area contributed by atoms with E-state index in [1.165, 1.54) is 17.8 Å². The predicted octanol–water partition coefficient (Wildman–Crippen LogP) is 1.94. The molecule has 5 nitrogen and oxygen atoms in total. The molecule has 0 aromatic carbocycles. The first kappa shape index (κ1) is 16.2. The summed E-state index contributed by atoms with van der Waals surface area (Å²) >= 11 is 7.10. The van der Waals surface area contributed by atoms with Gasteiger partial charge in [-0.2, -0.15) is 0 Å². The first-order valence-electron chi connectivity index (χ1n) is 7.17. The summed E-state index contributed by atoms with van der Waals surface area (Å²) in [4.78, 5) is 30.3. The molecule has 1 unspecified atom stereocenters. The molecular formula is C14H20ClN3O2S. The number of thiazole rings is 1. The smallest absolute Gasteiger partial charge is 0.244 e. The van der Waals surface area contributed by atoms with E-state index in [0.717, 1.165) is 36.6 Å². The minimum Gasteiger partial charge on any atom is -0.344 e. The molecule has 1 atom stereocenters. The Hall–Kier alpha value is -1.14. The Morgan fingerprint density at radius 1 is 1.43 bits per heavy atom. The van der Waals surface area contributed by atoms with Gasteiger partial charge in [0.1, 0.15) is 11.0 Å². The molecule has 1 aromatic rings.